The van der Waals surface area contributed by atoms with Crippen molar-refractivity contribution in [3.8, 4) is 5.75 Å². The van der Waals surface area contributed by atoms with Crippen LogP contribution in [0.4, 0.5) is 0 Å². The summed E-state index contributed by atoms with van der Waals surface area (Å²) >= 11 is 2.03. The monoisotopic (exact) mass is 349 g/mol. The SMILES string of the molecule is CC(COc1cc(C(=O)O)ccc1I)C(N)=O. The zero-order valence-electron chi connectivity index (χ0n) is 9.14. The molecule has 0 aliphatic heterocycles. The van der Waals surface area contributed by atoms with E-state index in [-0.39, 0.29) is 12.2 Å². The molecule has 0 spiro atoms. The highest BCUT2D eigenvalue weighted by Gasteiger charge is 2.12. The van der Waals surface area contributed by atoms with Gasteiger partial charge in [0.2, 0.25) is 5.91 Å². The van der Waals surface area contributed by atoms with E-state index < -0.39 is 17.8 Å². The predicted molar refractivity (Wildman–Crippen MR) is 70.0 cm³/mol. The van der Waals surface area contributed by atoms with Gasteiger partial charge in [-0.1, -0.05) is 6.92 Å². The highest BCUT2D eigenvalue weighted by molar-refractivity contribution is 14.1. The van der Waals surface area contributed by atoms with Crippen molar-refractivity contribution in [2.24, 2.45) is 11.7 Å². The van der Waals surface area contributed by atoms with Crippen molar-refractivity contribution in [1.29, 1.82) is 0 Å². The molecule has 0 aromatic heterocycles. The number of rotatable bonds is 5. The Hall–Kier alpha value is -1.31. The fourth-order valence-electron chi connectivity index (χ4n) is 1.04. The van der Waals surface area contributed by atoms with Crippen molar-refractivity contribution in [3.05, 3.63) is 27.3 Å². The lowest BCUT2D eigenvalue weighted by atomic mass is 10.2. The summed E-state index contributed by atoms with van der Waals surface area (Å²) in [5.41, 5.74) is 5.25. The number of hydrogen-bond acceptors (Lipinski definition) is 3. The van der Waals surface area contributed by atoms with E-state index in [9.17, 15) is 9.59 Å². The Bertz CT molecular complexity index is 447. The molecule has 0 aliphatic carbocycles. The molecule has 1 aromatic carbocycles. The second kappa shape index (κ2) is 5.85. The Balaban J connectivity index is 2.79. The minimum absolute atomic E-state index is 0.133. The van der Waals surface area contributed by atoms with Crippen molar-refractivity contribution < 1.29 is 19.4 Å². The summed E-state index contributed by atoms with van der Waals surface area (Å²) in [4.78, 5) is 21.6. The third-order valence-corrected chi connectivity index (χ3v) is 3.04. The Morgan fingerprint density at radius 3 is 2.71 bits per heavy atom. The zero-order chi connectivity index (χ0) is 13.0. The Morgan fingerprint density at radius 2 is 2.18 bits per heavy atom. The van der Waals surface area contributed by atoms with Gasteiger partial charge in [-0.15, -0.1) is 0 Å². The number of amides is 1. The van der Waals surface area contributed by atoms with Crippen LogP contribution in [-0.2, 0) is 4.79 Å². The number of carbonyl (C=O) groups is 2. The van der Waals surface area contributed by atoms with Crippen molar-refractivity contribution in [1.82, 2.24) is 0 Å². The van der Waals surface area contributed by atoms with E-state index in [1.807, 2.05) is 22.6 Å². The van der Waals surface area contributed by atoms with E-state index in [1.54, 1.807) is 13.0 Å². The molecule has 6 heteroatoms. The largest absolute Gasteiger partial charge is 0.492 e. The van der Waals surface area contributed by atoms with Crippen LogP contribution in [0.25, 0.3) is 0 Å². The standard InChI is InChI=1S/C11H12INO4/c1-6(10(13)14)5-17-9-4-7(11(15)16)2-3-8(9)12/h2-4,6H,5H2,1H3,(H2,13,14)(H,15,16). The lowest BCUT2D eigenvalue weighted by Gasteiger charge is -2.11. The van der Waals surface area contributed by atoms with Crippen LogP contribution < -0.4 is 10.5 Å². The summed E-state index contributed by atoms with van der Waals surface area (Å²) in [7, 11) is 0. The van der Waals surface area contributed by atoms with Gasteiger partial charge in [-0.05, 0) is 40.8 Å². The second-order valence-electron chi connectivity index (χ2n) is 3.56. The number of benzene rings is 1. The fourth-order valence-corrected chi connectivity index (χ4v) is 1.54. The van der Waals surface area contributed by atoms with Crippen LogP contribution in [0, 0.1) is 9.49 Å². The number of nitrogens with two attached hydrogens (primary N) is 1. The molecule has 1 atom stereocenters. The van der Waals surface area contributed by atoms with E-state index >= 15 is 0 Å². The van der Waals surface area contributed by atoms with Crippen LogP contribution in [-0.4, -0.2) is 23.6 Å². The third kappa shape index (κ3) is 3.88. The highest BCUT2D eigenvalue weighted by Crippen LogP contribution is 2.22. The first-order valence-corrected chi connectivity index (χ1v) is 5.94. The molecule has 1 unspecified atom stereocenters. The Kier molecular flexibility index (Phi) is 4.73. The first kappa shape index (κ1) is 13.8. The van der Waals surface area contributed by atoms with Gasteiger partial charge >= 0.3 is 5.97 Å². The average Bonchev–Trinajstić information content (AvgIpc) is 2.26. The summed E-state index contributed by atoms with van der Waals surface area (Å²) < 4.78 is 6.16. The lowest BCUT2D eigenvalue weighted by Crippen LogP contribution is -2.26. The number of aromatic carboxylic acids is 1. The van der Waals surface area contributed by atoms with Crippen LogP contribution in [0.15, 0.2) is 18.2 Å². The molecule has 3 N–H and O–H groups in total. The van der Waals surface area contributed by atoms with Gasteiger partial charge in [0.05, 0.1) is 21.7 Å². The Labute approximate surface area is 112 Å². The normalized spacial score (nSPS) is 11.9. The van der Waals surface area contributed by atoms with E-state index in [1.165, 1.54) is 12.1 Å². The maximum absolute atomic E-state index is 10.8. The molecule has 92 valence electrons. The molecule has 0 aliphatic rings. The van der Waals surface area contributed by atoms with Gasteiger partial charge in [-0.25, -0.2) is 4.79 Å². The fraction of sp³-hybridized carbons (Fsp3) is 0.273. The Morgan fingerprint density at radius 1 is 1.53 bits per heavy atom. The number of carbonyl (C=O) groups excluding carboxylic acids is 1. The van der Waals surface area contributed by atoms with Gasteiger partial charge in [-0.2, -0.15) is 0 Å². The maximum Gasteiger partial charge on any atom is 0.335 e. The van der Waals surface area contributed by atoms with Gasteiger partial charge in [0.1, 0.15) is 5.75 Å². The van der Waals surface area contributed by atoms with Crippen molar-refractivity contribution >= 4 is 34.5 Å². The molecule has 0 radical (unpaired) electrons. The minimum Gasteiger partial charge on any atom is -0.492 e. The molecule has 0 heterocycles. The van der Waals surface area contributed by atoms with Crippen molar-refractivity contribution in [2.45, 2.75) is 6.92 Å². The number of halogens is 1. The molecule has 17 heavy (non-hydrogen) atoms. The van der Waals surface area contributed by atoms with Crippen molar-refractivity contribution in [2.75, 3.05) is 6.61 Å². The summed E-state index contributed by atoms with van der Waals surface area (Å²) in [5, 5.41) is 8.83. The molecule has 1 rings (SSSR count). The van der Waals surface area contributed by atoms with Gasteiger partial charge < -0.3 is 15.6 Å². The molecular formula is C11H12INO4. The first-order valence-electron chi connectivity index (χ1n) is 4.86. The van der Waals surface area contributed by atoms with Crippen LogP contribution in [0.3, 0.4) is 0 Å². The molecule has 1 aromatic rings. The summed E-state index contributed by atoms with van der Waals surface area (Å²) in [6.07, 6.45) is 0. The van der Waals surface area contributed by atoms with Crippen molar-refractivity contribution in [3.63, 3.8) is 0 Å². The molecule has 1 amide bonds. The van der Waals surface area contributed by atoms with E-state index in [0.717, 1.165) is 3.57 Å². The number of hydrogen-bond donors (Lipinski definition) is 2. The highest BCUT2D eigenvalue weighted by atomic mass is 127. The molecule has 5 nitrogen and oxygen atoms in total. The van der Waals surface area contributed by atoms with Gasteiger partial charge in [0, 0.05) is 0 Å². The smallest absolute Gasteiger partial charge is 0.335 e. The summed E-state index contributed by atoms with van der Waals surface area (Å²) in [6, 6.07) is 4.57. The third-order valence-electron chi connectivity index (χ3n) is 2.15. The maximum atomic E-state index is 10.8. The van der Waals surface area contributed by atoms with Gasteiger partial charge in [0.15, 0.2) is 0 Å². The number of carboxylic acids is 1. The second-order valence-corrected chi connectivity index (χ2v) is 4.73. The number of ether oxygens (including phenoxy) is 1. The van der Waals surface area contributed by atoms with Gasteiger partial charge in [0.25, 0.3) is 0 Å². The number of primary amides is 1. The van der Waals surface area contributed by atoms with Crippen LogP contribution in [0.2, 0.25) is 0 Å². The topological polar surface area (TPSA) is 89.6 Å². The first-order chi connectivity index (χ1) is 7.91. The predicted octanol–water partition coefficient (Wildman–Crippen LogP) is 1.49. The van der Waals surface area contributed by atoms with E-state index in [4.69, 9.17) is 15.6 Å². The molecule has 0 saturated heterocycles. The molecule has 0 saturated carbocycles. The molecule has 0 fully saturated rings. The molecule has 0 bridgehead atoms. The van der Waals surface area contributed by atoms with Crippen LogP contribution in [0.1, 0.15) is 17.3 Å². The van der Waals surface area contributed by atoms with Gasteiger partial charge in [-0.3, -0.25) is 4.79 Å². The van der Waals surface area contributed by atoms with E-state index in [2.05, 4.69) is 0 Å². The summed E-state index contributed by atoms with van der Waals surface area (Å²) in [5.74, 6) is -1.44. The van der Waals surface area contributed by atoms with Crippen LogP contribution >= 0.6 is 22.6 Å². The van der Waals surface area contributed by atoms with E-state index in [0.29, 0.717) is 5.75 Å². The quantitative estimate of drug-likeness (QED) is 0.789. The number of carboxylic acid groups (broad SMARTS) is 1. The lowest BCUT2D eigenvalue weighted by molar-refractivity contribution is -0.122. The summed E-state index contributed by atoms with van der Waals surface area (Å²) in [6.45, 7) is 1.78. The minimum atomic E-state index is -1.02. The zero-order valence-corrected chi connectivity index (χ0v) is 11.3. The average molecular weight is 349 g/mol. The van der Waals surface area contributed by atoms with Crippen LogP contribution in [0.5, 0.6) is 5.75 Å². The molecular weight excluding hydrogens is 337 g/mol.